The number of amides is 1. The third-order valence-corrected chi connectivity index (χ3v) is 6.33. The molecule has 0 bridgehead atoms. The molecule has 0 radical (unpaired) electrons. The van der Waals surface area contributed by atoms with Gasteiger partial charge < -0.3 is 15.2 Å². The van der Waals surface area contributed by atoms with Crippen molar-refractivity contribution in [2.75, 3.05) is 25.0 Å². The second-order valence-corrected chi connectivity index (χ2v) is 9.35. The molecule has 168 valence electrons. The molecule has 1 saturated heterocycles. The maximum absolute atomic E-state index is 13.5. The summed E-state index contributed by atoms with van der Waals surface area (Å²) in [5.74, 6) is -0.192. The number of aliphatic hydroxyl groups is 1. The average molecular weight is 456 g/mol. The fourth-order valence-corrected chi connectivity index (χ4v) is 4.36. The first-order valence-corrected chi connectivity index (χ1v) is 11.4. The Labute approximate surface area is 190 Å². The molecule has 1 aromatic heterocycles. The predicted octanol–water partition coefficient (Wildman–Crippen LogP) is 4.10. The Bertz CT molecular complexity index is 1100. The smallest absolute Gasteiger partial charge is 0.238 e. The zero-order valence-corrected chi connectivity index (χ0v) is 18.9. The van der Waals surface area contributed by atoms with Crippen molar-refractivity contribution in [3.8, 4) is 17.0 Å². The molecule has 4 rings (SSSR count). The van der Waals surface area contributed by atoms with Gasteiger partial charge in [-0.25, -0.2) is 9.37 Å². The summed E-state index contributed by atoms with van der Waals surface area (Å²) in [6.07, 6.45) is -0.138. The summed E-state index contributed by atoms with van der Waals surface area (Å²) < 4.78 is 19.4. The van der Waals surface area contributed by atoms with Crippen molar-refractivity contribution in [1.82, 2.24) is 9.88 Å². The molecule has 2 atom stereocenters. The first-order valence-electron chi connectivity index (χ1n) is 10.5. The molecule has 1 fully saturated rings. The van der Waals surface area contributed by atoms with Gasteiger partial charge in [-0.2, -0.15) is 0 Å². The highest BCUT2D eigenvalue weighted by atomic mass is 32.1. The molecule has 0 spiro atoms. The lowest BCUT2D eigenvalue weighted by atomic mass is 9.90. The molecule has 2 N–H and O–H groups in total. The van der Waals surface area contributed by atoms with Crippen molar-refractivity contribution < 1.29 is 19.0 Å². The Balaban J connectivity index is 1.38. The number of hydrogen-bond acceptors (Lipinski definition) is 6. The highest BCUT2D eigenvalue weighted by Gasteiger charge is 2.39. The minimum absolute atomic E-state index is 0.150. The van der Waals surface area contributed by atoms with Crippen molar-refractivity contribution >= 4 is 22.9 Å². The van der Waals surface area contributed by atoms with Crippen LogP contribution in [0.25, 0.3) is 11.3 Å². The van der Waals surface area contributed by atoms with Crippen molar-refractivity contribution in [2.24, 2.45) is 0 Å². The van der Waals surface area contributed by atoms with Crippen LogP contribution in [0.2, 0.25) is 0 Å². The van der Waals surface area contributed by atoms with E-state index in [1.807, 2.05) is 41.5 Å². The fraction of sp³-hybridized carbons (Fsp3) is 0.333. The molecule has 1 aliphatic heterocycles. The summed E-state index contributed by atoms with van der Waals surface area (Å²) in [5, 5.41) is 16.7. The van der Waals surface area contributed by atoms with E-state index in [9.17, 15) is 14.3 Å². The number of aryl methyl sites for hydroxylation is 1. The van der Waals surface area contributed by atoms with E-state index < -0.39 is 17.5 Å². The van der Waals surface area contributed by atoms with Gasteiger partial charge in [0, 0.05) is 35.8 Å². The number of halogens is 1. The van der Waals surface area contributed by atoms with Gasteiger partial charge >= 0.3 is 0 Å². The van der Waals surface area contributed by atoms with E-state index in [-0.39, 0.29) is 12.5 Å². The summed E-state index contributed by atoms with van der Waals surface area (Å²) in [4.78, 5) is 19.1. The molecule has 32 heavy (non-hydrogen) atoms. The molecule has 0 saturated carbocycles. The maximum atomic E-state index is 13.5. The predicted molar refractivity (Wildman–Crippen MR) is 123 cm³/mol. The first-order chi connectivity index (χ1) is 15.3. The Morgan fingerprint density at radius 1 is 1.34 bits per heavy atom. The molecule has 0 aliphatic carbocycles. The van der Waals surface area contributed by atoms with Gasteiger partial charge in [-0.1, -0.05) is 18.2 Å². The Morgan fingerprint density at radius 2 is 2.16 bits per heavy atom. The second-order valence-electron chi connectivity index (χ2n) is 8.29. The Morgan fingerprint density at radius 3 is 2.91 bits per heavy atom. The number of rotatable bonds is 6. The number of carbonyl (C=O) groups excluding carboxylic acids is 1. The third kappa shape index (κ3) is 5.51. The summed E-state index contributed by atoms with van der Waals surface area (Å²) >= 11 is 1.59. The van der Waals surface area contributed by atoms with E-state index in [2.05, 4.69) is 10.3 Å². The van der Waals surface area contributed by atoms with Gasteiger partial charge in [0.25, 0.3) is 0 Å². The van der Waals surface area contributed by atoms with Crippen LogP contribution in [-0.4, -0.2) is 52.2 Å². The van der Waals surface area contributed by atoms with Crippen LogP contribution < -0.4 is 10.1 Å². The topological polar surface area (TPSA) is 74.7 Å². The number of aromatic nitrogens is 1. The van der Waals surface area contributed by atoms with Crippen LogP contribution in [0.4, 0.5) is 10.1 Å². The number of anilines is 1. The van der Waals surface area contributed by atoms with Crippen molar-refractivity contribution in [2.45, 2.75) is 32.0 Å². The van der Waals surface area contributed by atoms with E-state index in [1.165, 1.54) is 12.1 Å². The molecular weight excluding hydrogens is 429 g/mol. The number of nitrogens with zero attached hydrogens (tertiary/aromatic N) is 2. The van der Waals surface area contributed by atoms with Crippen LogP contribution in [0.1, 0.15) is 18.4 Å². The Hall–Kier alpha value is -2.81. The summed E-state index contributed by atoms with van der Waals surface area (Å²) in [6, 6.07) is 13.5. The number of benzene rings is 2. The van der Waals surface area contributed by atoms with Gasteiger partial charge in [0.05, 0.1) is 17.2 Å². The van der Waals surface area contributed by atoms with Crippen molar-refractivity contribution in [3.63, 3.8) is 0 Å². The van der Waals surface area contributed by atoms with Gasteiger partial charge in [-0.15, -0.1) is 11.3 Å². The van der Waals surface area contributed by atoms with Crippen LogP contribution >= 0.6 is 11.3 Å². The van der Waals surface area contributed by atoms with Gasteiger partial charge in [-0.3, -0.25) is 9.69 Å². The largest absolute Gasteiger partial charge is 0.486 e. The molecular formula is C24H26FN3O3S. The average Bonchev–Trinajstić information content (AvgIpc) is 3.17. The van der Waals surface area contributed by atoms with Crippen molar-refractivity contribution in [1.29, 1.82) is 0 Å². The van der Waals surface area contributed by atoms with Crippen LogP contribution in [0.5, 0.6) is 5.75 Å². The number of thiazole rings is 1. The summed E-state index contributed by atoms with van der Waals surface area (Å²) in [6.45, 7) is 4.75. The number of carbonyl (C=O) groups is 1. The SMILES string of the molecule is Cc1nc(-c2cccc(NC(=O)CN3CC[C@](C)(O)[C@@H](Oc4cccc(F)c4)C3)c2)cs1. The maximum Gasteiger partial charge on any atom is 0.238 e. The molecule has 3 aromatic rings. The molecule has 8 heteroatoms. The minimum atomic E-state index is -1.07. The van der Waals surface area contributed by atoms with E-state index >= 15 is 0 Å². The second kappa shape index (κ2) is 9.36. The molecule has 0 unspecified atom stereocenters. The normalized spacial score (nSPS) is 21.3. The lowest BCUT2D eigenvalue weighted by Gasteiger charge is -2.42. The van der Waals surface area contributed by atoms with E-state index in [0.717, 1.165) is 16.3 Å². The van der Waals surface area contributed by atoms with Crippen LogP contribution in [0.15, 0.2) is 53.9 Å². The van der Waals surface area contributed by atoms with Crippen molar-refractivity contribution in [3.05, 3.63) is 64.7 Å². The zero-order valence-electron chi connectivity index (χ0n) is 18.0. The number of piperidine rings is 1. The zero-order chi connectivity index (χ0) is 22.7. The minimum Gasteiger partial charge on any atom is -0.486 e. The van der Waals surface area contributed by atoms with E-state index in [4.69, 9.17) is 4.74 Å². The number of nitrogens with one attached hydrogen (secondary N) is 1. The van der Waals surface area contributed by atoms with Gasteiger partial charge in [0.15, 0.2) is 0 Å². The summed E-state index contributed by atoms with van der Waals surface area (Å²) in [5.41, 5.74) is 1.47. The molecule has 6 nitrogen and oxygen atoms in total. The lowest BCUT2D eigenvalue weighted by Crippen LogP contribution is -2.57. The van der Waals surface area contributed by atoms with Gasteiger partial charge in [-0.05, 0) is 44.5 Å². The first kappa shape index (κ1) is 22.4. The van der Waals surface area contributed by atoms with Gasteiger partial charge in [0.1, 0.15) is 23.3 Å². The molecule has 2 heterocycles. The Kier molecular flexibility index (Phi) is 6.55. The molecule has 2 aromatic carbocycles. The molecule has 1 aliphatic rings. The van der Waals surface area contributed by atoms with Crippen LogP contribution in [-0.2, 0) is 4.79 Å². The summed E-state index contributed by atoms with van der Waals surface area (Å²) in [7, 11) is 0. The lowest BCUT2D eigenvalue weighted by molar-refractivity contribution is -0.122. The number of hydrogen-bond donors (Lipinski definition) is 2. The van der Waals surface area contributed by atoms with Gasteiger partial charge in [0.2, 0.25) is 5.91 Å². The fourth-order valence-electron chi connectivity index (χ4n) is 3.74. The van der Waals surface area contributed by atoms with Crippen LogP contribution in [0, 0.1) is 12.7 Å². The molecule has 1 amide bonds. The quantitative estimate of drug-likeness (QED) is 0.585. The standard InChI is InChI=1S/C24H26FN3O3S/c1-16-26-21(15-32-16)17-5-3-7-19(11-17)27-23(29)14-28-10-9-24(2,30)22(13-28)31-20-8-4-6-18(25)12-20/h3-8,11-12,15,22,30H,9-10,13-14H2,1-2H3,(H,27,29)/t22-,24-/m0/s1. The van der Waals surface area contributed by atoms with E-state index in [0.29, 0.717) is 30.9 Å². The number of likely N-dealkylation sites (tertiary alicyclic amines) is 1. The highest BCUT2D eigenvalue weighted by Crippen LogP contribution is 2.27. The van der Waals surface area contributed by atoms with E-state index in [1.54, 1.807) is 30.4 Å². The van der Waals surface area contributed by atoms with Crippen LogP contribution in [0.3, 0.4) is 0 Å². The highest BCUT2D eigenvalue weighted by molar-refractivity contribution is 7.09. The number of ether oxygens (including phenoxy) is 1. The third-order valence-electron chi connectivity index (χ3n) is 5.55. The monoisotopic (exact) mass is 455 g/mol.